The van der Waals surface area contributed by atoms with Crippen LogP contribution in [0.2, 0.25) is 0 Å². The molecule has 1 atom stereocenters. The fraction of sp³-hybridized carbons (Fsp3) is 0.467. The minimum absolute atomic E-state index is 0.0319. The van der Waals surface area contributed by atoms with Gasteiger partial charge in [0.05, 0.1) is 0 Å². The van der Waals surface area contributed by atoms with Crippen molar-refractivity contribution in [3.8, 4) is 0 Å². The van der Waals surface area contributed by atoms with E-state index in [1.165, 1.54) is 4.90 Å². The predicted molar refractivity (Wildman–Crippen MR) is 78.7 cm³/mol. The third-order valence-electron chi connectivity index (χ3n) is 3.38. The lowest BCUT2D eigenvalue weighted by Gasteiger charge is -2.33. The smallest absolute Gasteiger partial charge is 0.410 e. The molecule has 0 aromatic heterocycles. The van der Waals surface area contributed by atoms with Crippen LogP contribution in [0.4, 0.5) is 4.79 Å². The number of carbonyl (C=O) groups excluding carboxylic acids is 2. The van der Waals surface area contributed by atoms with E-state index in [1.807, 2.05) is 30.3 Å². The summed E-state index contributed by atoms with van der Waals surface area (Å²) in [5.41, 5.74) is 0.946. The molecule has 114 valence electrons. The average molecular weight is 291 g/mol. The first-order chi connectivity index (χ1) is 10.1. The molecule has 21 heavy (non-hydrogen) atoms. The maximum atomic E-state index is 12.1. The fourth-order valence-corrected chi connectivity index (χ4v) is 2.20. The molecule has 0 radical (unpaired) electrons. The van der Waals surface area contributed by atoms with Gasteiger partial charge in [-0.2, -0.15) is 0 Å². The quantitative estimate of drug-likeness (QED) is 0.890. The van der Waals surface area contributed by atoms with Gasteiger partial charge in [-0.3, -0.25) is 4.79 Å². The van der Waals surface area contributed by atoms with Gasteiger partial charge < -0.3 is 19.9 Å². The molecule has 6 heteroatoms. The topological polar surface area (TPSA) is 61.9 Å². The van der Waals surface area contributed by atoms with E-state index in [0.717, 1.165) is 5.56 Å². The van der Waals surface area contributed by atoms with Crippen molar-refractivity contribution in [2.45, 2.75) is 12.6 Å². The average Bonchev–Trinajstić information content (AvgIpc) is 2.53. The van der Waals surface area contributed by atoms with Crippen molar-refractivity contribution < 1.29 is 14.3 Å². The fourth-order valence-electron chi connectivity index (χ4n) is 2.20. The van der Waals surface area contributed by atoms with Crippen molar-refractivity contribution in [2.75, 3.05) is 33.7 Å². The Morgan fingerprint density at radius 1 is 1.33 bits per heavy atom. The second kappa shape index (κ2) is 7.08. The normalized spacial score (nSPS) is 18.2. The van der Waals surface area contributed by atoms with Gasteiger partial charge in [-0.05, 0) is 5.56 Å². The maximum Gasteiger partial charge on any atom is 0.410 e. The van der Waals surface area contributed by atoms with Crippen LogP contribution < -0.4 is 5.32 Å². The number of nitrogens with one attached hydrogen (secondary N) is 1. The monoisotopic (exact) mass is 291 g/mol. The molecular weight excluding hydrogens is 270 g/mol. The highest BCUT2D eigenvalue weighted by atomic mass is 16.6. The van der Waals surface area contributed by atoms with Crippen molar-refractivity contribution in [3.05, 3.63) is 35.9 Å². The number of rotatable bonds is 3. The summed E-state index contributed by atoms with van der Waals surface area (Å²) in [4.78, 5) is 27.1. The van der Waals surface area contributed by atoms with E-state index in [-0.39, 0.29) is 24.6 Å². The van der Waals surface area contributed by atoms with Crippen LogP contribution in [0, 0.1) is 0 Å². The molecule has 1 aromatic carbocycles. The van der Waals surface area contributed by atoms with Gasteiger partial charge in [-0.1, -0.05) is 30.3 Å². The van der Waals surface area contributed by atoms with Crippen LogP contribution in [0.3, 0.4) is 0 Å². The van der Waals surface area contributed by atoms with E-state index >= 15 is 0 Å². The molecule has 1 heterocycles. The number of benzene rings is 1. The van der Waals surface area contributed by atoms with Gasteiger partial charge in [0.25, 0.3) is 0 Å². The summed E-state index contributed by atoms with van der Waals surface area (Å²) in [6.45, 7) is 1.72. The molecule has 2 rings (SSSR count). The molecule has 0 aliphatic carbocycles. The third-order valence-corrected chi connectivity index (χ3v) is 3.38. The molecule has 1 N–H and O–H groups in total. The van der Waals surface area contributed by atoms with Crippen LogP contribution >= 0.6 is 0 Å². The van der Waals surface area contributed by atoms with Crippen LogP contribution in [-0.4, -0.2) is 61.6 Å². The Bertz CT molecular complexity index is 490. The molecule has 2 amide bonds. The second-order valence-electron chi connectivity index (χ2n) is 5.23. The molecule has 0 saturated carbocycles. The van der Waals surface area contributed by atoms with Gasteiger partial charge in [0.2, 0.25) is 5.91 Å². The molecule has 6 nitrogen and oxygen atoms in total. The minimum atomic E-state index is -0.378. The first kappa shape index (κ1) is 15.3. The third kappa shape index (κ3) is 4.19. The van der Waals surface area contributed by atoms with E-state index < -0.39 is 0 Å². The summed E-state index contributed by atoms with van der Waals surface area (Å²) in [7, 11) is 3.41. The summed E-state index contributed by atoms with van der Waals surface area (Å²) < 4.78 is 5.29. The first-order valence-electron chi connectivity index (χ1n) is 6.98. The molecule has 1 unspecified atom stereocenters. The Labute approximate surface area is 124 Å². The van der Waals surface area contributed by atoms with E-state index in [2.05, 4.69) is 5.32 Å². The Balaban J connectivity index is 1.86. The summed E-state index contributed by atoms with van der Waals surface area (Å²) in [5, 5.41) is 3.12. The van der Waals surface area contributed by atoms with Crippen molar-refractivity contribution in [3.63, 3.8) is 0 Å². The molecule has 1 aliphatic rings. The van der Waals surface area contributed by atoms with E-state index in [0.29, 0.717) is 19.6 Å². The van der Waals surface area contributed by atoms with Gasteiger partial charge in [-0.25, -0.2) is 4.79 Å². The maximum absolute atomic E-state index is 12.1. The highest BCUT2D eigenvalue weighted by Gasteiger charge is 2.29. The van der Waals surface area contributed by atoms with Crippen LogP contribution in [0.1, 0.15) is 5.56 Å². The van der Waals surface area contributed by atoms with E-state index in [9.17, 15) is 9.59 Å². The number of amides is 2. The number of nitrogens with zero attached hydrogens (tertiary/aromatic N) is 2. The van der Waals surface area contributed by atoms with Gasteiger partial charge in [0.1, 0.15) is 12.6 Å². The molecule has 1 fully saturated rings. The summed E-state index contributed by atoms with van der Waals surface area (Å²) in [6, 6.07) is 9.17. The van der Waals surface area contributed by atoms with Crippen LogP contribution in [0.15, 0.2) is 30.3 Å². The zero-order valence-electron chi connectivity index (χ0n) is 12.4. The summed E-state index contributed by atoms with van der Waals surface area (Å²) in [5.74, 6) is -0.0319. The van der Waals surface area contributed by atoms with Gasteiger partial charge in [-0.15, -0.1) is 0 Å². The number of carbonyl (C=O) groups is 2. The number of ether oxygens (including phenoxy) is 1. The SMILES string of the molecule is CN(C)C(=O)C1CN(C(=O)OCc2ccccc2)CCN1. The van der Waals surface area contributed by atoms with Crippen molar-refractivity contribution in [1.29, 1.82) is 0 Å². The Kier molecular flexibility index (Phi) is 5.16. The largest absolute Gasteiger partial charge is 0.445 e. The zero-order valence-corrected chi connectivity index (χ0v) is 12.4. The van der Waals surface area contributed by atoms with Gasteiger partial charge >= 0.3 is 6.09 Å². The van der Waals surface area contributed by atoms with Crippen molar-refractivity contribution in [2.24, 2.45) is 0 Å². The van der Waals surface area contributed by atoms with Crippen LogP contribution in [-0.2, 0) is 16.1 Å². The highest BCUT2D eigenvalue weighted by Crippen LogP contribution is 2.07. The van der Waals surface area contributed by atoms with Crippen LogP contribution in [0.25, 0.3) is 0 Å². The Morgan fingerprint density at radius 2 is 2.05 bits per heavy atom. The van der Waals surface area contributed by atoms with E-state index in [1.54, 1.807) is 19.0 Å². The van der Waals surface area contributed by atoms with Crippen molar-refractivity contribution in [1.82, 2.24) is 15.1 Å². The Morgan fingerprint density at radius 3 is 2.71 bits per heavy atom. The number of piperazine rings is 1. The molecule has 0 bridgehead atoms. The second-order valence-corrected chi connectivity index (χ2v) is 5.23. The van der Waals surface area contributed by atoms with Crippen LogP contribution in [0.5, 0.6) is 0 Å². The highest BCUT2D eigenvalue weighted by molar-refractivity contribution is 5.82. The lowest BCUT2D eigenvalue weighted by Crippen LogP contribution is -2.58. The summed E-state index contributed by atoms with van der Waals surface area (Å²) >= 11 is 0. The lowest BCUT2D eigenvalue weighted by molar-refractivity contribution is -0.131. The minimum Gasteiger partial charge on any atom is -0.445 e. The van der Waals surface area contributed by atoms with Crippen molar-refractivity contribution >= 4 is 12.0 Å². The zero-order chi connectivity index (χ0) is 15.2. The molecule has 1 saturated heterocycles. The number of hydrogen-bond acceptors (Lipinski definition) is 4. The Hall–Kier alpha value is -2.08. The van der Waals surface area contributed by atoms with Gasteiger partial charge in [0, 0.05) is 33.7 Å². The van der Waals surface area contributed by atoms with Gasteiger partial charge in [0.15, 0.2) is 0 Å². The standard InChI is InChI=1S/C15H21N3O3/c1-17(2)14(19)13-10-18(9-8-16-13)15(20)21-11-12-6-4-3-5-7-12/h3-7,13,16H,8-11H2,1-2H3. The predicted octanol–water partition coefficient (Wildman–Crippen LogP) is 0.685. The molecule has 0 spiro atoms. The molecular formula is C15H21N3O3. The molecule has 1 aliphatic heterocycles. The lowest BCUT2D eigenvalue weighted by atomic mass is 10.2. The first-order valence-corrected chi connectivity index (χ1v) is 6.98. The molecule has 1 aromatic rings. The summed E-state index contributed by atoms with van der Waals surface area (Å²) in [6.07, 6.45) is -0.378. The van der Waals surface area contributed by atoms with E-state index in [4.69, 9.17) is 4.74 Å². The number of hydrogen-bond donors (Lipinski definition) is 1. The number of likely N-dealkylation sites (N-methyl/N-ethyl adjacent to an activating group) is 1.